The number of aromatic carboxylic acids is 1. The zero-order valence-electron chi connectivity index (χ0n) is 11.9. The smallest absolute Gasteiger partial charge is 0.335 e. The van der Waals surface area contributed by atoms with Crippen molar-refractivity contribution >= 4 is 28.3 Å². The predicted molar refractivity (Wildman–Crippen MR) is 80.0 cm³/mol. The third kappa shape index (κ3) is 3.14. The van der Waals surface area contributed by atoms with Crippen LogP contribution in [0.3, 0.4) is 0 Å². The average Bonchev–Trinajstić information content (AvgIpc) is 2.76. The van der Waals surface area contributed by atoms with Gasteiger partial charge in [-0.25, -0.2) is 9.78 Å². The molecule has 2 N–H and O–H groups in total. The van der Waals surface area contributed by atoms with Crippen molar-refractivity contribution in [2.75, 3.05) is 5.32 Å². The van der Waals surface area contributed by atoms with Crippen molar-refractivity contribution in [3.8, 4) is 0 Å². The quantitative estimate of drug-likeness (QED) is 0.904. The Morgan fingerprint density at radius 1 is 1.35 bits per heavy atom. The molecule has 106 valence electrons. The van der Waals surface area contributed by atoms with Crippen LogP contribution in [0.1, 0.15) is 42.5 Å². The van der Waals surface area contributed by atoms with E-state index in [2.05, 4.69) is 35.4 Å². The topological polar surface area (TPSA) is 75.1 Å². The molecule has 2 aromatic rings. The number of hydrogen-bond donors (Lipinski definition) is 2. The molecule has 2 rings (SSSR count). The van der Waals surface area contributed by atoms with Crippen LogP contribution >= 0.6 is 11.5 Å². The number of carboxylic acid groups (broad SMARTS) is 1. The van der Waals surface area contributed by atoms with Gasteiger partial charge in [0.2, 0.25) is 5.13 Å². The number of hydrogen-bond acceptors (Lipinski definition) is 5. The molecule has 0 bridgehead atoms. The molecule has 0 aliphatic heterocycles. The van der Waals surface area contributed by atoms with Crippen molar-refractivity contribution in [1.82, 2.24) is 9.36 Å². The second kappa shape index (κ2) is 5.20. The van der Waals surface area contributed by atoms with Gasteiger partial charge >= 0.3 is 5.97 Å². The molecule has 1 heterocycles. The first kappa shape index (κ1) is 14.5. The number of aromatic nitrogens is 2. The van der Waals surface area contributed by atoms with Crippen LogP contribution in [-0.4, -0.2) is 20.4 Å². The van der Waals surface area contributed by atoms with Crippen molar-refractivity contribution in [3.63, 3.8) is 0 Å². The first-order chi connectivity index (χ1) is 9.27. The number of carboxylic acids is 1. The summed E-state index contributed by atoms with van der Waals surface area (Å²) in [5.74, 6) is -0.121. The van der Waals surface area contributed by atoms with E-state index in [1.165, 1.54) is 11.5 Å². The molecule has 0 atom stereocenters. The van der Waals surface area contributed by atoms with Crippen LogP contribution in [0.2, 0.25) is 0 Å². The highest BCUT2D eigenvalue weighted by Gasteiger charge is 2.19. The maximum Gasteiger partial charge on any atom is 0.335 e. The fourth-order valence-corrected chi connectivity index (χ4v) is 2.46. The molecule has 1 aromatic carbocycles. The van der Waals surface area contributed by atoms with E-state index in [-0.39, 0.29) is 5.41 Å². The van der Waals surface area contributed by atoms with Gasteiger partial charge in [0.1, 0.15) is 5.82 Å². The molecule has 0 fully saturated rings. The Morgan fingerprint density at radius 3 is 2.55 bits per heavy atom. The van der Waals surface area contributed by atoms with E-state index in [0.29, 0.717) is 16.3 Å². The van der Waals surface area contributed by atoms with E-state index in [4.69, 9.17) is 5.11 Å². The van der Waals surface area contributed by atoms with Crippen LogP contribution < -0.4 is 5.32 Å². The molecular formula is C14H17N3O2S. The van der Waals surface area contributed by atoms with E-state index in [0.717, 1.165) is 11.5 Å². The Hall–Kier alpha value is -1.95. The van der Waals surface area contributed by atoms with Gasteiger partial charge in [0.15, 0.2) is 0 Å². The van der Waals surface area contributed by atoms with Crippen molar-refractivity contribution in [2.45, 2.75) is 33.1 Å². The molecule has 0 spiro atoms. The lowest BCUT2D eigenvalue weighted by Crippen LogP contribution is -2.13. The van der Waals surface area contributed by atoms with Gasteiger partial charge in [0, 0.05) is 22.6 Å². The van der Waals surface area contributed by atoms with E-state index < -0.39 is 5.97 Å². The number of rotatable bonds is 3. The van der Waals surface area contributed by atoms with Gasteiger partial charge in [-0.15, -0.1) is 0 Å². The van der Waals surface area contributed by atoms with Crippen molar-refractivity contribution in [1.29, 1.82) is 0 Å². The summed E-state index contributed by atoms with van der Waals surface area (Å²) in [7, 11) is 0. The Balaban J connectivity index is 2.20. The molecule has 0 amide bonds. The summed E-state index contributed by atoms with van der Waals surface area (Å²) in [6.07, 6.45) is 0. The molecule has 5 nitrogen and oxygen atoms in total. The minimum absolute atomic E-state index is 0.0838. The second-order valence-corrected chi connectivity index (χ2v) is 6.38. The Morgan fingerprint density at radius 2 is 2.05 bits per heavy atom. The molecule has 0 aliphatic rings. The Bertz CT molecular complexity index is 644. The fraction of sp³-hybridized carbons (Fsp3) is 0.357. The minimum atomic E-state index is -0.917. The number of nitrogens with one attached hydrogen (secondary N) is 1. The second-order valence-electron chi connectivity index (χ2n) is 5.63. The normalized spacial score (nSPS) is 11.4. The van der Waals surface area contributed by atoms with Crippen LogP contribution in [0.25, 0.3) is 0 Å². The van der Waals surface area contributed by atoms with E-state index in [1.54, 1.807) is 25.1 Å². The molecular weight excluding hydrogens is 274 g/mol. The summed E-state index contributed by atoms with van der Waals surface area (Å²) in [5.41, 5.74) is 1.75. The first-order valence-corrected chi connectivity index (χ1v) is 7.00. The molecule has 1 aromatic heterocycles. The van der Waals surface area contributed by atoms with Gasteiger partial charge in [0.25, 0.3) is 0 Å². The van der Waals surface area contributed by atoms with Crippen LogP contribution in [0.5, 0.6) is 0 Å². The van der Waals surface area contributed by atoms with E-state index in [9.17, 15) is 4.79 Å². The van der Waals surface area contributed by atoms with Crippen LogP contribution in [-0.2, 0) is 5.41 Å². The highest BCUT2D eigenvalue weighted by Crippen LogP contribution is 2.26. The van der Waals surface area contributed by atoms with Gasteiger partial charge in [0.05, 0.1) is 5.56 Å². The van der Waals surface area contributed by atoms with E-state index >= 15 is 0 Å². The van der Waals surface area contributed by atoms with Crippen LogP contribution in [0.15, 0.2) is 18.2 Å². The van der Waals surface area contributed by atoms with Gasteiger partial charge in [-0.1, -0.05) is 20.8 Å². The summed E-state index contributed by atoms with van der Waals surface area (Å²) >= 11 is 1.30. The van der Waals surface area contributed by atoms with Crippen molar-refractivity contribution in [3.05, 3.63) is 35.2 Å². The summed E-state index contributed by atoms with van der Waals surface area (Å²) in [6, 6.07) is 5.11. The molecule has 0 aliphatic carbocycles. The largest absolute Gasteiger partial charge is 0.478 e. The van der Waals surface area contributed by atoms with Gasteiger partial charge in [-0.2, -0.15) is 4.37 Å². The number of carbonyl (C=O) groups is 1. The van der Waals surface area contributed by atoms with Gasteiger partial charge in [-0.05, 0) is 30.7 Å². The lowest BCUT2D eigenvalue weighted by molar-refractivity contribution is 0.0696. The fourth-order valence-electron chi connectivity index (χ4n) is 1.68. The lowest BCUT2D eigenvalue weighted by atomic mass is 9.96. The maximum absolute atomic E-state index is 11.0. The maximum atomic E-state index is 11.0. The highest BCUT2D eigenvalue weighted by molar-refractivity contribution is 7.09. The number of benzene rings is 1. The standard InChI is InChI=1S/C14H17N3O2S/c1-8-7-9(5-6-10(8)11(18)19)15-13-16-12(17-20-13)14(2,3)4/h5-7H,1-4H3,(H,18,19)(H,15,16,17). The SMILES string of the molecule is Cc1cc(Nc2nc(C(C)(C)C)ns2)ccc1C(=O)O. The van der Waals surface area contributed by atoms with Crippen molar-refractivity contribution < 1.29 is 9.90 Å². The van der Waals surface area contributed by atoms with Crippen LogP contribution in [0.4, 0.5) is 10.8 Å². The lowest BCUT2D eigenvalue weighted by Gasteiger charge is -2.12. The number of nitrogens with zero attached hydrogens (tertiary/aromatic N) is 2. The minimum Gasteiger partial charge on any atom is -0.478 e. The average molecular weight is 291 g/mol. The third-order valence-corrected chi connectivity index (χ3v) is 3.44. The zero-order chi connectivity index (χ0) is 14.9. The molecule has 0 saturated carbocycles. The predicted octanol–water partition coefficient (Wildman–Crippen LogP) is 3.59. The van der Waals surface area contributed by atoms with Crippen LogP contribution in [0, 0.1) is 6.92 Å². The summed E-state index contributed by atoms with van der Waals surface area (Å²) in [4.78, 5) is 15.4. The third-order valence-electron chi connectivity index (χ3n) is 2.80. The first-order valence-electron chi connectivity index (χ1n) is 6.22. The molecule has 0 saturated heterocycles. The number of anilines is 2. The monoisotopic (exact) mass is 291 g/mol. The van der Waals surface area contributed by atoms with E-state index in [1.807, 2.05) is 0 Å². The molecule has 0 radical (unpaired) electrons. The van der Waals surface area contributed by atoms with Gasteiger partial charge in [-0.3, -0.25) is 0 Å². The Kier molecular flexibility index (Phi) is 3.76. The molecule has 6 heteroatoms. The Labute approximate surface area is 121 Å². The summed E-state index contributed by atoms with van der Waals surface area (Å²) in [5, 5.41) is 12.9. The number of aryl methyl sites for hydroxylation is 1. The highest BCUT2D eigenvalue weighted by atomic mass is 32.1. The summed E-state index contributed by atoms with van der Waals surface area (Å²) in [6.45, 7) is 7.95. The van der Waals surface area contributed by atoms with Crippen molar-refractivity contribution in [2.24, 2.45) is 0 Å². The molecule has 0 unspecified atom stereocenters. The van der Waals surface area contributed by atoms with Gasteiger partial charge < -0.3 is 10.4 Å². The molecule has 20 heavy (non-hydrogen) atoms. The summed E-state index contributed by atoms with van der Waals surface area (Å²) < 4.78 is 4.33. The zero-order valence-corrected chi connectivity index (χ0v) is 12.7.